The second-order valence-corrected chi connectivity index (χ2v) is 15.3. The molecule has 0 radical (unpaired) electrons. The van der Waals surface area contributed by atoms with Gasteiger partial charge in [-0.15, -0.1) is 0 Å². The summed E-state index contributed by atoms with van der Waals surface area (Å²) in [5, 5.41) is 2.44. The van der Waals surface area contributed by atoms with Crippen molar-refractivity contribution in [1.29, 1.82) is 0 Å². The quantitative estimate of drug-likeness (QED) is 0.179. The molecule has 0 saturated heterocycles. The van der Waals surface area contributed by atoms with Crippen LogP contribution in [0.25, 0.3) is 55.3 Å². The Morgan fingerprint density at radius 2 is 0.780 bits per heavy atom. The minimum absolute atomic E-state index is 0.0233. The molecule has 0 saturated carbocycles. The van der Waals surface area contributed by atoms with Crippen molar-refractivity contribution < 1.29 is 0 Å². The molecular formula is C46H44N4. The summed E-state index contributed by atoms with van der Waals surface area (Å²) in [5.41, 5.74) is 15.9. The van der Waals surface area contributed by atoms with E-state index < -0.39 is 0 Å². The number of nitrogens with zero attached hydrogens (tertiary/aromatic N) is 4. The number of pyridine rings is 2. The lowest BCUT2D eigenvalue weighted by molar-refractivity contribution is 0.458. The monoisotopic (exact) mass is 652 g/mol. The first kappa shape index (κ1) is 30.8. The Morgan fingerprint density at radius 1 is 0.420 bits per heavy atom. The van der Waals surface area contributed by atoms with Crippen LogP contribution in [-0.4, -0.2) is 19.1 Å². The largest absolute Gasteiger partial charge is 0.311 e. The smallest absolute Gasteiger partial charge is 0.0963 e. The van der Waals surface area contributed by atoms with Gasteiger partial charge in [0.15, 0.2) is 0 Å². The van der Waals surface area contributed by atoms with Crippen LogP contribution in [0, 0.1) is 10.8 Å². The molecule has 6 aromatic rings. The molecule has 0 amide bonds. The first-order valence-electron chi connectivity index (χ1n) is 18.2. The lowest BCUT2D eigenvalue weighted by Crippen LogP contribution is -2.24. The molecule has 0 aliphatic heterocycles. The summed E-state index contributed by atoms with van der Waals surface area (Å²) in [6, 6.07) is 25.8. The van der Waals surface area contributed by atoms with Crippen molar-refractivity contribution in [3.8, 4) is 0 Å². The number of allylic oxidation sites excluding steroid dienone is 12. The van der Waals surface area contributed by atoms with Crippen LogP contribution in [0.4, 0.5) is 0 Å². The molecule has 4 heterocycles. The zero-order valence-corrected chi connectivity index (χ0v) is 29.6. The lowest BCUT2D eigenvalue weighted by atomic mass is 9.67. The van der Waals surface area contributed by atoms with Gasteiger partial charge in [-0.3, -0.25) is 9.97 Å². The predicted octanol–water partition coefficient (Wildman–Crippen LogP) is 12.2. The van der Waals surface area contributed by atoms with Crippen molar-refractivity contribution in [3.63, 3.8) is 0 Å². The highest BCUT2D eigenvalue weighted by Gasteiger charge is 2.34. The number of para-hydroxylation sites is 2. The maximum atomic E-state index is 4.74. The summed E-state index contributed by atoms with van der Waals surface area (Å²) in [6.45, 7) is 9.71. The van der Waals surface area contributed by atoms with Gasteiger partial charge in [-0.25, -0.2) is 0 Å². The predicted molar refractivity (Wildman–Crippen MR) is 211 cm³/mol. The second kappa shape index (κ2) is 11.7. The minimum Gasteiger partial charge on any atom is -0.311 e. The number of hydrogen-bond donors (Lipinski definition) is 0. The fourth-order valence-corrected chi connectivity index (χ4v) is 8.94. The third-order valence-corrected chi connectivity index (χ3v) is 12.0. The van der Waals surface area contributed by atoms with Crippen molar-refractivity contribution in [2.75, 3.05) is 0 Å². The van der Waals surface area contributed by atoms with E-state index in [4.69, 9.17) is 9.97 Å². The molecule has 0 spiro atoms. The average molecular weight is 653 g/mol. The van der Waals surface area contributed by atoms with E-state index in [0.717, 1.165) is 49.6 Å². The van der Waals surface area contributed by atoms with Crippen LogP contribution >= 0.6 is 0 Å². The normalized spacial score (nSPS) is 17.4. The number of benzene rings is 2. The maximum absolute atomic E-state index is 4.74. The number of aromatic nitrogens is 4. The van der Waals surface area contributed by atoms with Crippen molar-refractivity contribution in [2.24, 2.45) is 10.8 Å². The number of rotatable bonds is 6. The van der Waals surface area contributed by atoms with E-state index in [0.29, 0.717) is 0 Å². The van der Waals surface area contributed by atoms with E-state index in [1.54, 1.807) is 11.1 Å². The maximum Gasteiger partial charge on any atom is 0.0963 e. The van der Waals surface area contributed by atoms with Crippen LogP contribution < -0.4 is 0 Å². The Bertz CT molecular complexity index is 2250. The Morgan fingerprint density at radius 3 is 1.16 bits per heavy atom. The summed E-state index contributed by atoms with van der Waals surface area (Å²) in [6.07, 6.45) is 24.6. The number of hydrogen-bond acceptors (Lipinski definition) is 2. The summed E-state index contributed by atoms with van der Waals surface area (Å²) in [4.78, 5) is 9.48. The molecule has 50 heavy (non-hydrogen) atoms. The topological polar surface area (TPSA) is 35.6 Å². The molecular weight excluding hydrogens is 609 g/mol. The summed E-state index contributed by atoms with van der Waals surface area (Å²) in [7, 11) is 0. The van der Waals surface area contributed by atoms with Crippen LogP contribution in [0.2, 0.25) is 0 Å². The van der Waals surface area contributed by atoms with Gasteiger partial charge in [0.05, 0.1) is 33.1 Å². The summed E-state index contributed by atoms with van der Waals surface area (Å²) >= 11 is 0. The van der Waals surface area contributed by atoms with E-state index in [-0.39, 0.29) is 10.8 Å². The fourth-order valence-electron chi connectivity index (χ4n) is 8.94. The molecule has 2 aromatic carbocycles. The van der Waals surface area contributed by atoms with Crippen LogP contribution in [0.5, 0.6) is 0 Å². The average Bonchev–Trinajstić information content (AvgIpc) is 3.68. The van der Waals surface area contributed by atoms with Crippen LogP contribution in [-0.2, 0) is 0 Å². The Kier molecular flexibility index (Phi) is 7.20. The molecule has 4 aromatic heterocycles. The van der Waals surface area contributed by atoms with Crippen molar-refractivity contribution in [2.45, 2.75) is 66.2 Å². The summed E-state index contributed by atoms with van der Waals surface area (Å²) < 4.78 is 4.85. The zero-order valence-electron chi connectivity index (χ0n) is 29.6. The molecule has 4 heteroatoms. The highest BCUT2D eigenvalue weighted by molar-refractivity contribution is 6.08. The molecule has 0 unspecified atom stereocenters. The van der Waals surface area contributed by atoms with Gasteiger partial charge in [0.1, 0.15) is 0 Å². The van der Waals surface area contributed by atoms with Crippen LogP contribution in [0.1, 0.15) is 66.2 Å². The van der Waals surface area contributed by atoms with Gasteiger partial charge in [0, 0.05) is 45.4 Å². The van der Waals surface area contributed by atoms with E-state index in [1.807, 2.05) is 24.5 Å². The highest BCUT2D eigenvalue weighted by Crippen LogP contribution is 2.49. The minimum atomic E-state index is 0.0233. The SMILES string of the molecule is CC(C)(C1=CC=C(n2c3ccccc3c3ncccc32)CC1)C1=CC=C(C(C)(C)C2=CC=C(n3c4ccccc4c4ncccc43)CC2)CC1. The van der Waals surface area contributed by atoms with Gasteiger partial charge >= 0.3 is 0 Å². The van der Waals surface area contributed by atoms with Gasteiger partial charge < -0.3 is 9.13 Å². The van der Waals surface area contributed by atoms with E-state index >= 15 is 0 Å². The van der Waals surface area contributed by atoms with Gasteiger partial charge in [0.25, 0.3) is 0 Å². The highest BCUT2D eigenvalue weighted by atomic mass is 15.0. The standard InChI is InChI=1S/C46H44N4/c1-45(2,33-21-25-35(26-22-33)49-39-13-7-5-11-37(39)43-41(49)15-9-29-47-43)31-17-19-32(20-18-31)46(3,4)34-23-27-36(28-24-34)50-40-14-8-6-12-38(40)44-42(50)16-10-30-48-44/h5-17,19,21,23,25,27,29-30H,18,20,22,24,26,28H2,1-4H3. The van der Waals surface area contributed by atoms with Crippen LogP contribution in [0.15, 0.2) is 144 Å². The second-order valence-electron chi connectivity index (χ2n) is 15.3. The van der Waals surface area contributed by atoms with Gasteiger partial charge in [-0.1, -0.05) is 111 Å². The summed E-state index contributed by atoms with van der Waals surface area (Å²) in [5.74, 6) is 0. The van der Waals surface area contributed by atoms with E-state index in [2.05, 4.69) is 134 Å². The van der Waals surface area contributed by atoms with Crippen LogP contribution in [0.3, 0.4) is 0 Å². The third-order valence-electron chi connectivity index (χ3n) is 12.0. The molecule has 0 atom stereocenters. The molecule has 3 aliphatic carbocycles. The van der Waals surface area contributed by atoms with Crippen molar-refractivity contribution >= 4 is 55.3 Å². The molecule has 3 aliphatic rings. The van der Waals surface area contributed by atoms with Crippen molar-refractivity contribution in [3.05, 3.63) is 144 Å². The van der Waals surface area contributed by atoms with E-state index in [9.17, 15) is 0 Å². The molecule has 9 rings (SSSR count). The molecule has 0 fully saturated rings. The Hall–Kier alpha value is -5.22. The van der Waals surface area contributed by atoms with Gasteiger partial charge in [-0.05, 0) is 87.1 Å². The van der Waals surface area contributed by atoms with Crippen molar-refractivity contribution in [1.82, 2.24) is 19.1 Å². The van der Waals surface area contributed by atoms with E-state index in [1.165, 1.54) is 55.4 Å². The van der Waals surface area contributed by atoms with Gasteiger partial charge in [0.2, 0.25) is 0 Å². The first-order valence-corrected chi connectivity index (χ1v) is 18.2. The Labute approximate surface area is 294 Å². The lowest BCUT2D eigenvalue weighted by Gasteiger charge is -2.38. The van der Waals surface area contributed by atoms with Gasteiger partial charge in [-0.2, -0.15) is 0 Å². The fraction of sp³-hybridized carbons (Fsp3) is 0.261. The zero-order chi connectivity index (χ0) is 34.0. The third kappa shape index (κ3) is 4.80. The first-order chi connectivity index (χ1) is 24.3. The molecule has 0 bridgehead atoms. The Balaban J connectivity index is 0.979. The molecule has 248 valence electrons. The molecule has 0 N–H and O–H groups in total. The molecule has 4 nitrogen and oxygen atoms in total. The number of fused-ring (bicyclic) bond motifs is 6.